The van der Waals surface area contributed by atoms with Gasteiger partial charge in [-0.1, -0.05) is 6.42 Å². The molecule has 1 unspecified atom stereocenters. The Morgan fingerprint density at radius 2 is 1.73 bits per heavy atom. The van der Waals surface area contributed by atoms with Crippen molar-refractivity contribution in [2.24, 2.45) is 5.41 Å². The monoisotopic (exact) mass is 353 g/mol. The minimum atomic E-state index is -0.911. The number of carbonyl (C=O) groups is 4. The molecule has 2 saturated heterocycles. The van der Waals surface area contributed by atoms with Crippen LogP contribution in [0.25, 0.3) is 0 Å². The van der Waals surface area contributed by atoms with Crippen LogP contribution in [0.15, 0.2) is 18.2 Å². The van der Waals surface area contributed by atoms with Crippen molar-refractivity contribution in [2.75, 3.05) is 18.0 Å². The fourth-order valence-corrected chi connectivity index (χ4v) is 4.59. The van der Waals surface area contributed by atoms with Crippen LogP contribution >= 0.6 is 0 Å². The molecule has 0 aromatic heterocycles. The highest BCUT2D eigenvalue weighted by molar-refractivity contribution is 6.23. The third kappa shape index (κ3) is 2.06. The molecule has 3 aliphatic heterocycles. The quantitative estimate of drug-likeness (QED) is 0.804. The van der Waals surface area contributed by atoms with Crippen molar-refractivity contribution in [2.45, 2.75) is 38.1 Å². The van der Waals surface area contributed by atoms with Gasteiger partial charge in [-0.25, -0.2) is 0 Å². The molecule has 1 aliphatic carbocycles. The van der Waals surface area contributed by atoms with Gasteiger partial charge < -0.3 is 4.90 Å². The molecule has 1 aromatic rings. The minimum Gasteiger partial charge on any atom is -0.370 e. The van der Waals surface area contributed by atoms with E-state index >= 15 is 0 Å². The second-order valence-electron chi connectivity index (χ2n) is 7.89. The molecule has 1 atom stereocenters. The van der Waals surface area contributed by atoms with E-state index in [-0.39, 0.29) is 18.7 Å². The van der Waals surface area contributed by atoms with Gasteiger partial charge in [-0.2, -0.15) is 0 Å². The first kappa shape index (κ1) is 15.5. The average molecular weight is 353 g/mol. The van der Waals surface area contributed by atoms with E-state index in [1.807, 2.05) is 6.07 Å². The smallest absolute Gasteiger partial charge is 0.262 e. The summed E-state index contributed by atoms with van der Waals surface area (Å²) in [6, 6.07) is 4.42. The second kappa shape index (κ2) is 5.16. The highest BCUT2D eigenvalue weighted by atomic mass is 16.2. The van der Waals surface area contributed by atoms with Crippen LogP contribution in [0.1, 0.15) is 52.8 Å². The topological polar surface area (TPSA) is 86.8 Å². The molecule has 3 heterocycles. The van der Waals surface area contributed by atoms with Crippen LogP contribution in [0.5, 0.6) is 0 Å². The number of benzene rings is 1. The summed E-state index contributed by atoms with van der Waals surface area (Å²) in [7, 11) is 0. The Morgan fingerprint density at radius 3 is 2.38 bits per heavy atom. The first-order valence-corrected chi connectivity index (χ1v) is 9.08. The maximum atomic E-state index is 12.8. The Morgan fingerprint density at radius 1 is 1.00 bits per heavy atom. The number of carbonyl (C=O) groups excluding carboxylic acids is 4. The van der Waals surface area contributed by atoms with E-state index in [1.54, 1.807) is 12.1 Å². The summed E-state index contributed by atoms with van der Waals surface area (Å²) in [5, 5.41) is 2.21. The van der Waals surface area contributed by atoms with Crippen molar-refractivity contribution in [3.63, 3.8) is 0 Å². The first-order chi connectivity index (χ1) is 12.5. The maximum absolute atomic E-state index is 12.8. The lowest BCUT2D eigenvalue weighted by atomic mass is 9.63. The fraction of sp³-hybridized carbons (Fsp3) is 0.474. The number of nitrogens with zero attached hydrogens (tertiary/aromatic N) is 2. The zero-order valence-corrected chi connectivity index (χ0v) is 14.3. The van der Waals surface area contributed by atoms with Gasteiger partial charge in [-0.3, -0.25) is 29.4 Å². The first-order valence-electron chi connectivity index (χ1n) is 9.08. The highest BCUT2D eigenvalue weighted by Crippen LogP contribution is 2.49. The lowest BCUT2D eigenvalue weighted by Crippen LogP contribution is -2.59. The van der Waals surface area contributed by atoms with Crippen molar-refractivity contribution in [3.05, 3.63) is 29.3 Å². The van der Waals surface area contributed by atoms with Gasteiger partial charge >= 0.3 is 0 Å². The predicted molar refractivity (Wildman–Crippen MR) is 91.6 cm³/mol. The SMILES string of the molecule is O=C1CCC(N2C(=O)c3ccc(N4CC5(CCC5)C4)cc3C2=O)C(=O)N1. The van der Waals surface area contributed by atoms with Crippen LogP contribution in [0.3, 0.4) is 0 Å². The Kier molecular flexibility index (Phi) is 3.08. The molecular formula is C19H19N3O4. The number of rotatable bonds is 2. The van der Waals surface area contributed by atoms with Gasteiger partial charge in [-0.15, -0.1) is 0 Å². The summed E-state index contributed by atoms with van der Waals surface area (Å²) in [6.45, 7) is 2.01. The lowest BCUT2D eigenvalue weighted by molar-refractivity contribution is -0.136. The Labute approximate surface area is 150 Å². The number of fused-ring (bicyclic) bond motifs is 1. The van der Waals surface area contributed by atoms with Crippen LogP contribution in [-0.4, -0.2) is 47.7 Å². The summed E-state index contributed by atoms with van der Waals surface area (Å²) < 4.78 is 0. The predicted octanol–water partition coefficient (Wildman–Crippen LogP) is 1.08. The molecule has 7 nitrogen and oxygen atoms in total. The zero-order valence-electron chi connectivity index (χ0n) is 14.3. The van der Waals surface area contributed by atoms with Crippen LogP contribution in [0.4, 0.5) is 5.69 Å². The van der Waals surface area contributed by atoms with E-state index < -0.39 is 23.8 Å². The van der Waals surface area contributed by atoms with E-state index in [0.29, 0.717) is 16.5 Å². The van der Waals surface area contributed by atoms with Crippen LogP contribution < -0.4 is 10.2 Å². The summed E-state index contributed by atoms with van der Waals surface area (Å²) in [5.74, 6) is -1.84. The van der Waals surface area contributed by atoms with Crippen molar-refractivity contribution >= 4 is 29.3 Å². The van der Waals surface area contributed by atoms with Crippen molar-refractivity contribution in [3.8, 4) is 0 Å². The number of piperidine rings is 1. The van der Waals surface area contributed by atoms with Gasteiger partial charge in [0.05, 0.1) is 11.1 Å². The van der Waals surface area contributed by atoms with Gasteiger partial charge in [0, 0.05) is 30.6 Å². The number of amides is 4. The number of hydrogen-bond donors (Lipinski definition) is 1. The van der Waals surface area contributed by atoms with Crippen LogP contribution in [0.2, 0.25) is 0 Å². The highest BCUT2D eigenvalue weighted by Gasteiger charge is 2.48. The second-order valence-corrected chi connectivity index (χ2v) is 7.89. The molecule has 4 amide bonds. The third-order valence-corrected chi connectivity index (χ3v) is 6.26. The number of imide groups is 2. The molecule has 1 saturated carbocycles. The van der Waals surface area contributed by atoms with Gasteiger partial charge in [0.25, 0.3) is 11.8 Å². The fourth-order valence-electron chi connectivity index (χ4n) is 4.59. The summed E-state index contributed by atoms with van der Waals surface area (Å²) in [5.41, 5.74) is 2.11. The summed E-state index contributed by atoms with van der Waals surface area (Å²) in [6.07, 6.45) is 4.15. The van der Waals surface area contributed by atoms with E-state index in [1.165, 1.54) is 19.3 Å². The van der Waals surface area contributed by atoms with Gasteiger partial charge in [0.15, 0.2) is 0 Å². The molecule has 3 fully saturated rings. The Bertz CT molecular complexity index is 866. The average Bonchev–Trinajstić information content (AvgIpc) is 2.77. The van der Waals surface area contributed by atoms with Crippen molar-refractivity contribution in [1.82, 2.24) is 10.2 Å². The molecule has 0 radical (unpaired) electrons. The van der Waals surface area contributed by atoms with Gasteiger partial charge in [0.2, 0.25) is 11.8 Å². The molecule has 7 heteroatoms. The minimum absolute atomic E-state index is 0.130. The summed E-state index contributed by atoms with van der Waals surface area (Å²) in [4.78, 5) is 52.2. The molecule has 0 bridgehead atoms. The number of hydrogen-bond acceptors (Lipinski definition) is 5. The zero-order chi connectivity index (χ0) is 18.1. The molecule has 4 aliphatic rings. The van der Waals surface area contributed by atoms with E-state index in [9.17, 15) is 19.2 Å². The molecule has 1 aromatic carbocycles. The van der Waals surface area contributed by atoms with Crippen molar-refractivity contribution < 1.29 is 19.2 Å². The molecule has 5 rings (SSSR count). The Balaban J connectivity index is 1.40. The molecule has 1 N–H and O–H groups in total. The standard InChI is InChI=1S/C19H19N3O4/c23-15-5-4-14(16(24)20-15)22-17(25)12-3-2-11(8-13(12)18(22)26)21-9-19(10-21)6-1-7-19/h2-3,8,14H,1,4-7,9-10H2,(H,20,23,24). The van der Waals surface area contributed by atoms with E-state index in [4.69, 9.17) is 0 Å². The lowest BCUT2D eigenvalue weighted by Gasteiger charge is -2.57. The third-order valence-electron chi connectivity index (χ3n) is 6.26. The number of anilines is 1. The van der Waals surface area contributed by atoms with Gasteiger partial charge in [-0.05, 0) is 37.5 Å². The molecular weight excluding hydrogens is 334 g/mol. The number of nitrogens with one attached hydrogen (secondary N) is 1. The van der Waals surface area contributed by atoms with E-state index in [0.717, 1.165) is 23.7 Å². The van der Waals surface area contributed by atoms with Crippen LogP contribution in [0, 0.1) is 5.41 Å². The maximum Gasteiger partial charge on any atom is 0.262 e. The summed E-state index contributed by atoms with van der Waals surface area (Å²) >= 11 is 0. The largest absolute Gasteiger partial charge is 0.370 e. The van der Waals surface area contributed by atoms with Crippen LogP contribution in [-0.2, 0) is 9.59 Å². The van der Waals surface area contributed by atoms with Gasteiger partial charge in [0.1, 0.15) is 6.04 Å². The molecule has 134 valence electrons. The van der Waals surface area contributed by atoms with Crippen molar-refractivity contribution in [1.29, 1.82) is 0 Å². The normalized spacial score (nSPS) is 26.5. The Hall–Kier alpha value is -2.70. The molecule has 26 heavy (non-hydrogen) atoms. The van der Waals surface area contributed by atoms with E-state index in [2.05, 4.69) is 10.2 Å². The molecule has 1 spiro atoms.